The summed E-state index contributed by atoms with van der Waals surface area (Å²) in [5, 5.41) is 12.0. The molecule has 0 aliphatic heterocycles. The lowest BCUT2D eigenvalue weighted by molar-refractivity contribution is 0.299. The minimum atomic E-state index is 0. The number of benzene rings is 2. The third-order valence-electron chi connectivity index (χ3n) is 3.42. The van der Waals surface area contributed by atoms with Crippen molar-refractivity contribution in [1.29, 1.82) is 0 Å². The number of hydrogen-bond donors (Lipinski definition) is 2. The summed E-state index contributed by atoms with van der Waals surface area (Å²) in [6, 6.07) is 16.4. The molecule has 2 rings (SSSR count). The fourth-order valence-corrected chi connectivity index (χ4v) is 2.23. The van der Waals surface area contributed by atoms with E-state index in [9.17, 15) is 0 Å². The zero-order valence-corrected chi connectivity index (χ0v) is 13.7. The Morgan fingerprint density at radius 3 is 2.45 bits per heavy atom. The lowest BCUT2D eigenvalue weighted by Gasteiger charge is -2.08. The molecule has 3 nitrogen and oxygen atoms in total. The van der Waals surface area contributed by atoms with Gasteiger partial charge in [-0.25, -0.2) is 0 Å². The van der Waals surface area contributed by atoms with Gasteiger partial charge < -0.3 is 15.2 Å². The summed E-state index contributed by atoms with van der Waals surface area (Å²) in [4.78, 5) is 0. The van der Waals surface area contributed by atoms with Crippen LogP contribution in [0.15, 0.2) is 48.5 Å². The molecule has 0 spiro atoms. The molecule has 2 N–H and O–H groups in total. The Balaban J connectivity index is 0.00000242. The zero-order valence-electron chi connectivity index (χ0n) is 12.9. The number of rotatable bonds is 8. The van der Waals surface area contributed by atoms with Gasteiger partial charge in [-0.3, -0.25) is 0 Å². The van der Waals surface area contributed by atoms with Gasteiger partial charge in [0, 0.05) is 19.3 Å². The first-order valence-electron chi connectivity index (χ1n) is 7.41. The van der Waals surface area contributed by atoms with Crippen molar-refractivity contribution in [1.82, 2.24) is 0 Å². The van der Waals surface area contributed by atoms with Gasteiger partial charge in [0.25, 0.3) is 0 Å². The molecule has 0 aromatic heterocycles. The topological polar surface area (TPSA) is 41.5 Å². The van der Waals surface area contributed by atoms with E-state index in [0.29, 0.717) is 13.0 Å². The third kappa shape index (κ3) is 5.96. The Hall–Kier alpha value is -1.71. The molecule has 2 aromatic rings. The quantitative estimate of drug-likeness (QED) is 0.728. The van der Waals surface area contributed by atoms with Gasteiger partial charge in [0.1, 0.15) is 5.75 Å². The standard InChI is InChI=1S/C18H23NO2.ClH/c1-19-17-6-2-4-16(14-17)5-3-13-21-18-9-7-15(8-10-18)11-12-20;/h2,4,6-10,14,19-20H,3,5,11-13H2,1H3;1H. The lowest BCUT2D eigenvalue weighted by Crippen LogP contribution is -2.00. The Bertz CT molecular complexity index is 543. The minimum absolute atomic E-state index is 0. The van der Waals surface area contributed by atoms with Crippen molar-refractivity contribution in [2.75, 3.05) is 25.6 Å². The first-order valence-corrected chi connectivity index (χ1v) is 7.41. The smallest absolute Gasteiger partial charge is 0.119 e. The lowest BCUT2D eigenvalue weighted by atomic mass is 10.1. The molecule has 0 saturated carbocycles. The van der Waals surface area contributed by atoms with E-state index < -0.39 is 0 Å². The molecule has 0 atom stereocenters. The summed E-state index contributed by atoms with van der Waals surface area (Å²) < 4.78 is 5.74. The molecule has 0 aliphatic carbocycles. The van der Waals surface area contributed by atoms with Crippen molar-refractivity contribution in [3.8, 4) is 5.75 Å². The molecular formula is C18H24ClNO2. The predicted molar refractivity (Wildman–Crippen MR) is 94.3 cm³/mol. The number of ether oxygens (including phenoxy) is 1. The fraction of sp³-hybridized carbons (Fsp3) is 0.333. The maximum absolute atomic E-state index is 8.87. The highest BCUT2D eigenvalue weighted by Gasteiger charge is 1.98. The van der Waals surface area contributed by atoms with E-state index in [0.717, 1.165) is 29.8 Å². The number of aliphatic hydroxyl groups is 1. The van der Waals surface area contributed by atoms with Gasteiger partial charge >= 0.3 is 0 Å². The molecule has 0 fully saturated rings. The summed E-state index contributed by atoms with van der Waals surface area (Å²) >= 11 is 0. The fourth-order valence-electron chi connectivity index (χ4n) is 2.23. The molecule has 4 heteroatoms. The van der Waals surface area contributed by atoms with Gasteiger partial charge in [-0.1, -0.05) is 24.3 Å². The second-order valence-electron chi connectivity index (χ2n) is 5.02. The van der Waals surface area contributed by atoms with Crippen LogP contribution in [0.2, 0.25) is 0 Å². The van der Waals surface area contributed by atoms with Crippen molar-refractivity contribution in [3.63, 3.8) is 0 Å². The van der Waals surface area contributed by atoms with Crippen molar-refractivity contribution < 1.29 is 9.84 Å². The van der Waals surface area contributed by atoms with Crippen LogP contribution in [0, 0.1) is 0 Å². The molecule has 0 amide bonds. The van der Waals surface area contributed by atoms with Crippen LogP contribution in [-0.2, 0) is 12.8 Å². The number of halogens is 1. The second-order valence-corrected chi connectivity index (χ2v) is 5.02. The van der Waals surface area contributed by atoms with E-state index in [1.807, 2.05) is 31.3 Å². The first kappa shape index (κ1) is 18.3. The first-order chi connectivity index (χ1) is 10.3. The molecule has 0 bridgehead atoms. The Morgan fingerprint density at radius 1 is 1.00 bits per heavy atom. The summed E-state index contributed by atoms with van der Waals surface area (Å²) in [7, 11) is 1.93. The van der Waals surface area contributed by atoms with Crippen molar-refractivity contribution in [2.24, 2.45) is 0 Å². The average Bonchev–Trinajstić information content (AvgIpc) is 2.53. The van der Waals surface area contributed by atoms with Gasteiger partial charge in [0.05, 0.1) is 6.61 Å². The van der Waals surface area contributed by atoms with E-state index in [4.69, 9.17) is 9.84 Å². The van der Waals surface area contributed by atoms with Crippen LogP contribution in [0.4, 0.5) is 5.69 Å². The number of aryl methyl sites for hydroxylation is 1. The summed E-state index contributed by atoms with van der Waals surface area (Å²) in [5.41, 5.74) is 3.60. The van der Waals surface area contributed by atoms with Crippen LogP contribution in [-0.4, -0.2) is 25.4 Å². The van der Waals surface area contributed by atoms with Crippen LogP contribution in [0.5, 0.6) is 5.75 Å². The highest BCUT2D eigenvalue weighted by Crippen LogP contribution is 2.14. The molecule has 0 aliphatic rings. The molecule has 0 unspecified atom stereocenters. The summed E-state index contributed by atoms with van der Waals surface area (Å²) in [6.07, 6.45) is 2.70. The highest BCUT2D eigenvalue weighted by molar-refractivity contribution is 5.85. The molecule has 0 radical (unpaired) electrons. The van der Waals surface area contributed by atoms with Gasteiger partial charge in [-0.15, -0.1) is 12.4 Å². The predicted octanol–water partition coefficient (Wildman–Crippen LogP) is 3.70. The maximum atomic E-state index is 8.87. The van der Waals surface area contributed by atoms with E-state index in [-0.39, 0.29) is 19.0 Å². The third-order valence-corrected chi connectivity index (χ3v) is 3.42. The maximum Gasteiger partial charge on any atom is 0.119 e. The van der Waals surface area contributed by atoms with E-state index in [2.05, 4.69) is 29.6 Å². The van der Waals surface area contributed by atoms with Gasteiger partial charge in [-0.2, -0.15) is 0 Å². The normalized spacial score (nSPS) is 9.91. The van der Waals surface area contributed by atoms with E-state index in [1.165, 1.54) is 5.56 Å². The van der Waals surface area contributed by atoms with Crippen LogP contribution in [0.25, 0.3) is 0 Å². The molecule has 2 aromatic carbocycles. The molecule has 22 heavy (non-hydrogen) atoms. The van der Waals surface area contributed by atoms with Gasteiger partial charge in [0.15, 0.2) is 0 Å². The van der Waals surface area contributed by atoms with Gasteiger partial charge in [-0.05, 0) is 54.7 Å². The SMILES string of the molecule is CNc1cccc(CCCOc2ccc(CCO)cc2)c1.Cl. The van der Waals surface area contributed by atoms with Crippen LogP contribution >= 0.6 is 12.4 Å². The molecule has 0 heterocycles. The van der Waals surface area contributed by atoms with E-state index in [1.54, 1.807) is 0 Å². The molecule has 120 valence electrons. The Kier molecular flexibility index (Phi) is 8.41. The highest BCUT2D eigenvalue weighted by atomic mass is 35.5. The average molecular weight is 322 g/mol. The largest absolute Gasteiger partial charge is 0.494 e. The Morgan fingerprint density at radius 2 is 1.77 bits per heavy atom. The van der Waals surface area contributed by atoms with Crippen molar-refractivity contribution >= 4 is 18.1 Å². The van der Waals surface area contributed by atoms with E-state index >= 15 is 0 Å². The number of nitrogens with one attached hydrogen (secondary N) is 1. The number of anilines is 1. The van der Waals surface area contributed by atoms with Crippen LogP contribution in [0.1, 0.15) is 17.5 Å². The van der Waals surface area contributed by atoms with Crippen molar-refractivity contribution in [2.45, 2.75) is 19.3 Å². The minimum Gasteiger partial charge on any atom is -0.494 e. The molecular weight excluding hydrogens is 298 g/mol. The van der Waals surface area contributed by atoms with Gasteiger partial charge in [0.2, 0.25) is 0 Å². The Labute approximate surface area is 138 Å². The monoisotopic (exact) mass is 321 g/mol. The number of aliphatic hydroxyl groups excluding tert-OH is 1. The molecule has 0 saturated heterocycles. The van der Waals surface area contributed by atoms with Crippen LogP contribution in [0.3, 0.4) is 0 Å². The summed E-state index contributed by atoms with van der Waals surface area (Å²) in [5.74, 6) is 0.890. The second kappa shape index (κ2) is 10.1. The summed E-state index contributed by atoms with van der Waals surface area (Å²) in [6.45, 7) is 0.898. The van der Waals surface area contributed by atoms with Crippen LogP contribution < -0.4 is 10.1 Å². The zero-order chi connectivity index (χ0) is 14.9. The van der Waals surface area contributed by atoms with Crippen molar-refractivity contribution in [3.05, 3.63) is 59.7 Å². The number of hydrogen-bond acceptors (Lipinski definition) is 3.